The van der Waals surface area contributed by atoms with Crippen molar-refractivity contribution in [3.05, 3.63) is 24.1 Å². The van der Waals surface area contributed by atoms with Crippen molar-refractivity contribution < 1.29 is 4.52 Å². The Labute approximate surface area is 74.6 Å². The number of nitrogens with zero attached hydrogens (tertiary/aromatic N) is 5. The zero-order valence-corrected chi connectivity index (χ0v) is 7.21. The molecular formula is C7H9N5O. The number of aryl methyl sites for hydroxylation is 1. The lowest BCUT2D eigenvalue weighted by molar-refractivity contribution is 0.354. The van der Waals surface area contributed by atoms with Crippen molar-refractivity contribution in [1.82, 2.24) is 25.1 Å². The summed E-state index contributed by atoms with van der Waals surface area (Å²) in [6, 6.07) is 0. The number of rotatable bonds is 3. The molecule has 68 valence electrons. The average molecular weight is 179 g/mol. The highest BCUT2D eigenvalue weighted by Crippen LogP contribution is 1.98. The van der Waals surface area contributed by atoms with Crippen LogP contribution in [0.25, 0.3) is 0 Å². The van der Waals surface area contributed by atoms with Crippen LogP contribution in [-0.2, 0) is 13.0 Å². The smallest absolute Gasteiger partial charge is 0.250 e. The molecule has 0 fully saturated rings. The fourth-order valence-corrected chi connectivity index (χ4v) is 0.944. The zero-order chi connectivity index (χ0) is 9.10. The van der Waals surface area contributed by atoms with E-state index >= 15 is 0 Å². The van der Waals surface area contributed by atoms with Gasteiger partial charge in [-0.15, -0.1) is 0 Å². The van der Waals surface area contributed by atoms with Gasteiger partial charge in [-0.05, 0) is 0 Å². The van der Waals surface area contributed by atoms with Crippen molar-refractivity contribution in [2.75, 3.05) is 0 Å². The molecule has 2 rings (SSSR count). The molecule has 0 saturated heterocycles. The number of hydrogen-bond acceptors (Lipinski definition) is 5. The molecule has 6 heteroatoms. The summed E-state index contributed by atoms with van der Waals surface area (Å²) in [6.45, 7) is 2.40. The van der Waals surface area contributed by atoms with Crippen molar-refractivity contribution in [3.8, 4) is 0 Å². The Kier molecular flexibility index (Phi) is 2.03. The Morgan fingerprint density at radius 2 is 2.15 bits per heavy atom. The predicted molar refractivity (Wildman–Crippen MR) is 42.8 cm³/mol. The SMILES string of the molecule is CCc1noc(Cn2nccn2)n1. The lowest BCUT2D eigenvalue weighted by Gasteiger charge is -1.90. The summed E-state index contributed by atoms with van der Waals surface area (Å²) in [6.07, 6.45) is 3.99. The molecule has 0 aliphatic heterocycles. The Bertz CT molecular complexity index is 366. The largest absolute Gasteiger partial charge is 0.337 e. The van der Waals surface area contributed by atoms with E-state index in [1.165, 1.54) is 4.80 Å². The van der Waals surface area contributed by atoms with E-state index in [2.05, 4.69) is 20.3 Å². The van der Waals surface area contributed by atoms with Gasteiger partial charge in [0, 0.05) is 6.42 Å². The third-order valence-corrected chi connectivity index (χ3v) is 1.57. The van der Waals surface area contributed by atoms with Crippen molar-refractivity contribution >= 4 is 0 Å². The summed E-state index contributed by atoms with van der Waals surface area (Å²) in [7, 11) is 0. The molecule has 2 aromatic rings. The topological polar surface area (TPSA) is 69.6 Å². The van der Waals surface area contributed by atoms with E-state index in [0.29, 0.717) is 18.3 Å². The van der Waals surface area contributed by atoms with Crippen molar-refractivity contribution in [1.29, 1.82) is 0 Å². The van der Waals surface area contributed by atoms with Gasteiger partial charge in [0.25, 0.3) is 0 Å². The van der Waals surface area contributed by atoms with Gasteiger partial charge in [-0.2, -0.15) is 20.0 Å². The molecule has 0 bridgehead atoms. The predicted octanol–water partition coefficient (Wildman–Crippen LogP) is 0.272. The van der Waals surface area contributed by atoms with Crippen molar-refractivity contribution in [3.63, 3.8) is 0 Å². The summed E-state index contributed by atoms with van der Waals surface area (Å²) in [5.74, 6) is 1.25. The van der Waals surface area contributed by atoms with E-state index in [9.17, 15) is 0 Å². The summed E-state index contributed by atoms with van der Waals surface area (Å²) in [5, 5.41) is 11.6. The Hall–Kier alpha value is -1.72. The van der Waals surface area contributed by atoms with Crippen LogP contribution in [0.2, 0.25) is 0 Å². The summed E-state index contributed by atoms with van der Waals surface area (Å²) < 4.78 is 4.97. The third-order valence-electron chi connectivity index (χ3n) is 1.57. The second kappa shape index (κ2) is 3.34. The minimum atomic E-state index is 0.431. The molecular weight excluding hydrogens is 170 g/mol. The molecule has 0 spiro atoms. The number of hydrogen-bond donors (Lipinski definition) is 0. The van der Waals surface area contributed by atoms with E-state index in [-0.39, 0.29) is 0 Å². The minimum absolute atomic E-state index is 0.431. The van der Waals surface area contributed by atoms with Gasteiger partial charge in [0.2, 0.25) is 5.89 Å². The molecule has 0 aliphatic rings. The van der Waals surface area contributed by atoms with E-state index < -0.39 is 0 Å². The molecule has 0 aliphatic carbocycles. The Balaban J connectivity index is 2.10. The maximum absolute atomic E-state index is 4.97. The van der Waals surface area contributed by atoms with E-state index in [1.807, 2.05) is 6.92 Å². The van der Waals surface area contributed by atoms with Crippen LogP contribution in [0.4, 0.5) is 0 Å². The van der Waals surface area contributed by atoms with Crippen molar-refractivity contribution in [2.45, 2.75) is 19.9 Å². The summed E-state index contributed by atoms with van der Waals surface area (Å²) in [4.78, 5) is 5.62. The fraction of sp³-hybridized carbons (Fsp3) is 0.429. The van der Waals surface area contributed by atoms with Crippen LogP contribution in [0, 0.1) is 0 Å². The molecule has 0 saturated carbocycles. The lowest BCUT2D eigenvalue weighted by Crippen LogP contribution is -2.03. The van der Waals surface area contributed by atoms with Crippen LogP contribution in [0.3, 0.4) is 0 Å². The molecule has 0 N–H and O–H groups in total. The standard InChI is InChI=1S/C7H9N5O/c1-2-6-10-7(13-11-6)5-12-8-3-4-9-12/h3-4H,2,5H2,1H3. The van der Waals surface area contributed by atoms with E-state index in [4.69, 9.17) is 4.52 Å². The van der Waals surface area contributed by atoms with Crippen LogP contribution in [0.1, 0.15) is 18.6 Å². The van der Waals surface area contributed by atoms with E-state index in [1.54, 1.807) is 12.4 Å². The molecule has 2 heterocycles. The summed E-state index contributed by atoms with van der Waals surface area (Å²) in [5.41, 5.74) is 0. The highest BCUT2D eigenvalue weighted by atomic mass is 16.5. The second-order valence-electron chi connectivity index (χ2n) is 2.52. The van der Waals surface area contributed by atoms with Crippen LogP contribution in [-0.4, -0.2) is 25.1 Å². The van der Waals surface area contributed by atoms with Gasteiger partial charge in [0.15, 0.2) is 5.82 Å². The Morgan fingerprint density at radius 1 is 1.38 bits per heavy atom. The summed E-state index contributed by atoms with van der Waals surface area (Å²) >= 11 is 0. The first-order valence-electron chi connectivity index (χ1n) is 4.04. The monoisotopic (exact) mass is 179 g/mol. The first-order valence-corrected chi connectivity index (χ1v) is 4.04. The van der Waals surface area contributed by atoms with Gasteiger partial charge in [-0.3, -0.25) is 0 Å². The lowest BCUT2D eigenvalue weighted by atomic mass is 10.5. The molecule has 0 amide bonds. The first kappa shape index (κ1) is 7.90. The van der Waals surface area contributed by atoms with E-state index in [0.717, 1.165) is 6.42 Å². The first-order chi connectivity index (χ1) is 6.38. The van der Waals surface area contributed by atoms with Crippen LogP contribution in [0.5, 0.6) is 0 Å². The maximum Gasteiger partial charge on any atom is 0.250 e. The van der Waals surface area contributed by atoms with Crippen molar-refractivity contribution in [2.24, 2.45) is 0 Å². The molecule has 0 atom stereocenters. The molecule has 0 radical (unpaired) electrons. The van der Waals surface area contributed by atoms with Crippen LogP contribution >= 0.6 is 0 Å². The quantitative estimate of drug-likeness (QED) is 0.676. The fourth-order valence-electron chi connectivity index (χ4n) is 0.944. The van der Waals surface area contributed by atoms with Gasteiger partial charge in [0.05, 0.1) is 12.4 Å². The zero-order valence-electron chi connectivity index (χ0n) is 7.21. The minimum Gasteiger partial charge on any atom is -0.337 e. The average Bonchev–Trinajstić information content (AvgIpc) is 2.76. The molecule has 6 nitrogen and oxygen atoms in total. The van der Waals surface area contributed by atoms with Gasteiger partial charge in [-0.1, -0.05) is 12.1 Å². The van der Waals surface area contributed by atoms with Gasteiger partial charge < -0.3 is 4.52 Å². The highest BCUT2D eigenvalue weighted by Gasteiger charge is 2.05. The van der Waals surface area contributed by atoms with Gasteiger partial charge in [-0.25, -0.2) is 0 Å². The third kappa shape index (κ3) is 1.71. The normalized spacial score (nSPS) is 10.5. The van der Waals surface area contributed by atoms with Crippen LogP contribution < -0.4 is 0 Å². The maximum atomic E-state index is 4.97. The highest BCUT2D eigenvalue weighted by molar-refractivity contribution is 4.85. The molecule has 2 aromatic heterocycles. The molecule has 13 heavy (non-hydrogen) atoms. The van der Waals surface area contributed by atoms with Gasteiger partial charge >= 0.3 is 0 Å². The molecule has 0 unspecified atom stereocenters. The molecule has 0 aromatic carbocycles. The van der Waals surface area contributed by atoms with Crippen LogP contribution in [0.15, 0.2) is 16.9 Å². The van der Waals surface area contributed by atoms with Gasteiger partial charge in [0.1, 0.15) is 6.54 Å². The second-order valence-corrected chi connectivity index (χ2v) is 2.52. The number of aromatic nitrogens is 5. The Morgan fingerprint density at radius 3 is 2.77 bits per heavy atom.